The van der Waals surface area contributed by atoms with Crippen LogP contribution in [0.4, 0.5) is 18.3 Å². The summed E-state index contributed by atoms with van der Waals surface area (Å²) in [4.78, 5) is 36.0. The number of hydrogen-bond donors (Lipinski definition) is 2. The van der Waals surface area contributed by atoms with E-state index < -0.39 is 23.6 Å². The van der Waals surface area contributed by atoms with Crippen LogP contribution in [0.15, 0.2) is 35.1 Å². The summed E-state index contributed by atoms with van der Waals surface area (Å²) in [7, 11) is 0. The molecule has 12 heteroatoms. The molecule has 2 N–H and O–H groups in total. The molecule has 2 aromatic heterocycles. The van der Waals surface area contributed by atoms with Crippen molar-refractivity contribution in [1.82, 2.24) is 25.2 Å². The zero-order valence-corrected chi connectivity index (χ0v) is 19.7. The van der Waals surface area contributed by atoms with Gasteiger partial charge in [-0.15, -0.1) is 0 Å². The normalized spacial score (nSPS) is 20.6. The van der Waals surface area contributed by atoms with Crippen molar-refractivity contribution in [3.8, 4) is 0 Å². The van der Waals surface area contributed by atoms with E-state index in [0.717, 1.165) is 27.9 Å². The Hall–Kier alpha value is -2.99. The number of hydrogen-bond acceptors (Lipinski definition) is 7. The number of fused-ring (bicyclic) bond motifs is 1. The molecule has 2 atom stereocenters. The van der Waals surface area contributed by atoms with Gasteiger partial charge in [0.25, 0.3) is 5.56 Å². The monoisotopic (exact) mass is 506 g/mol. The predicted molar refractivity (Wildman–Crippen MR) is 126 cm³/mol. The number of carbonyl (C=O) groups excluding carboxylic acids is 1. The van der Waals surface area contributed by atoms with E-state index in [1.807, 2.05) is 30.3 Å². The second kappa shape index (κ2) is 9.57. The van der Waals surface area contributed by atoms with Crippen molar-refractivity contribution >= 4 is 32.7 Å². The average Bonchev–Trinajstić information content (AvgIpc) is 3.59. The van der Waals surface area contributed by atoms with Gasteiger partial charge in [0, 0.05) is 19.6 Å². The molecule has 5 rings (SSSR count). The zero-order valence-electron chi connectivity index (χ0n) is 18.8. The van der Waals surface area contributed by atoms with Crippen LogP contribution in [0.25, 0.3) is 10.3 Å². The van der Waals surface area contributed by atoms with Gasteiger partial charge >= 0.3 is 6.18 Å². The number of benzene rings is 1. The topological polar surface area (TPSA) is 92.2 Å². The van der Waals surface area contributed by atoms with Gasteiger partial charge in [-0.2, -0.15) is 13.2 Å². The highest BCUT2D eigenvalue weighted by Crippen LogP contribution is 2.34. The van der Waals surface area contributed by atoms with Crippen molar-refractivity contribution in [3.63, 3.8) is 0 Å². The van der Waals surface area contributed by atoms with E-state index in [9.17, 15) is 22.8 Å². The number of halogens is 3. The molecule has 0 bridgehead atoms. The van der Waals surface area contributed by atoms with Crippen molar-refractivity contribution in [2.45, 2.75) is 44.6 Å². The standard InChI is InChI=1S/C23H25F3N6O2S/c24-23(25,26)21-30-19-17(20(34)32(21)13-15-8-9-27-11-15)29-22(35-19)31-10-4-7-16(31)18(33)28-12-14-5-2-1-3-6-14/h1-3,5-6,15-16,27H,4,7-13H2,(H,28,33). The molecular weight excluding hydrogens is 481 g/mol. The van der Waals surface area contributed by atoms with Gasteiger partial charge in [0.2, 0.25) is 11.7 Å². The van der Waals surface area contributed by atoms with Crippen LogP contribution in [0.3, 0.4) is 0 Å². The van der Waals surface area contributed by atoms with Crippen molar-refractivity contribution < 1.29 is 18.0 Å². The number of alkyl halides is 3. The van der Waals surface area contributed by atoms with Crippen molar-refractivity contribution in [3.05, 3.63) is 52.1 Å². The van der Waals surface area contributed by atoms with Crippen LogP contribution >= 0.6 is 11.3 Å². The fourth-order valence-corrected chi connectivity index (χ4v) is 5.71. The summed E-state index contributed by atoms with van der Waals surface area (Å²) in [6, 6.07) is 9.00. The molecule has 2 saturated heterocycles. The summed E-state index contributed by atoms with van der Waals surface area (Å²) in [5.41, 5.74) is 0.0904. The number of rotatable bonds is 6. The van der Waals surface area contributed by atoms with Gasteiger partial charge in [-0.3, -0.25) is 14.2 Å². The summed E-state index contributed by atoms with van der Waals surface area (Å²) in [6.45, 7) is 2.10. The fourth-order valence-electron chi connectivity index (χ4n) is 4.70. The van der Waals surface area contributed by atoms with Gasteiger partial charge in [-0.25, -0.2) is 9.97 Å². The number of thiazole rings is 1. The Morgan fingerprint density at radius 3 is 2.71 bits per heavy atom. The predicted octanol–water partition coefficient (Wildman–Crippen LogP) is 2.77. The lowest BCUT2D eigenvalue weighted by Gasteiger charge is -2.23. The van der Waals surface area contributed by atoms with Gasteiger partial charge in [-0.1, -0.05) is 41.7 Å². The second-order valence-electron chi connectivity index (χ2n) is 8.91. The van der Waals surface area contributed by atoms with Crippen molar-refractivity contribution in [2.75, 3.05) is 24.5 Å². The lowest BCUT2D eigenvalue weighted by atomic mass is 10.1. The Morgan fingerprint density at radius 1 is 1.20 bits per heavy atom. The van der Waals surface area contributed by atoms with E-state index in [2.05, 4.69) is 20.6 Å². The van der Waals surface area contributed by atoms with Crippen LogP contribution < -0.4 is 21.1 Å². The molecule has 0 saturated carbocycles. The Morgan fingerprint density at radius 2 is 2.00 bits per heavy atom. The van der Waals surface area contributed by atoms with Crippen LogP contribution in [-0.2, 0) is 24.1 Å². The first-order chi connectivity index (χ1) is 16.8. The molecule has 2 aliphatic rings. The summed E-state index contributed by atoms with van der Waals surface area (Å²) < 4.78 is 42.2. The quantitative estimate of drug-likeness (QED) is 0.534. The number of aromatic nitrogens is 3. The van der Waals surface area contributed by atoms with Gasteiger partial charge in [0.15, 0.2) is 15.5 Å². The highest BCUT2D eigenvalue weighted by Gasteiger charge is 2.39. The number of nitrogens with zero attached hydrogens (tertiary/aromatic N) is 4. The molecule has 2 aliphatic heterocycles. The summed E-state index contributed by atoms with van der Waals surface area (Å²) in [5, 5.41) is 6.38. The molecule has 35 heavy (non-hydrogen) atoms. The van der Waals surface area contributed by atoms with E-state index >= 15 is 0 Å². The molecule has 0 spiro atoms. The van der Waals surface area contributed by atoms with Gasteiger partial charge in [-0.05, 0) is 43.8 Å². The molecule has 8 nitrogen and oxygen atoms in total. The highest BCUT2D eigenvalue weighted by molar-refractivity contribution is 7.21. The summed E-state index contributed by atoms with van der Waals surface area (Å²) >= 11 is 0.924. The van der Waals surface area contributed by atoms with E-state index in [-0.39, 0.29) is 28.7 Å². The third-order valence-corrected chi connectivity index (χ3v) is 7.46. The Bertz CT molecular complexity index is 1270. The minimum atomic E-state index is -4.77. The average molecular weight is 507 g/mol. The molecule has 3 aromatic rings. The first kappa shape index (κ1) is 23.7. The smallest absolute Gasteiger partial charge is 0.350 e. The Balaban J connectivity index is 1.43. The Kier molecular flexibility index (Phi) is 6.49. The maximum atomic E-state index is 13.8. The summed E-state index contributed by atoms with van der Waals surface area (Å²) in [5.74, 6) is -1.46. The molecule has 0 aliphatic carbocycles. The van der Waals surface area contributed by atoms with Gasteiger partial charge in [0.1, 0.15) is 6.04 Å². The maximum Gasteiger partial charge on any atom is 0.449 e. The highest BCUT2D eigenvalue weighted by atomic mass is 32.1. The van der Waals surface area contributed by atoms with Crippen LogP contribution in [0.1, 0.15) is 30.7 Å². The third-order valence-electron chi connectivity index (χ3n) is 6.48. The fraction of sp³-hybridized carbons (Fsp3) is 0.478. The van der Waals surface area contributed by atoms with Gasteiger partial charge < -0.3 is 15.5 Å². The molecule has 1 amide bonds. The van der Waals surface area contributed by atoms with E-state index in [0.29, 0.717) is 44.2 Å². The lowest BCUT2D eigenvalue weighted by Crippen LogP contribution is -2.43. The number of amides is 1. The lowest BCUT2D eigenvalue weighted by molar-refractivity contribution is -0.148. The largest absolute Gasteiger partial charge is 0.449 e. The number of anilines is 1. The molecule has 4 heterocycles. The maximum absolute atomic E-state index is 13.8. The molecule has 2 fully saturated rings. The molecular formula is C23H25F3N6O2S. The number of carbonyl (C=O) groups is 1. The first-order valence-electron chi connectivity index (χ1n) is 11.6. The molecule has 1 aromatic carbocycles. The summed E-state index contributed by atoms with van der Waals surface area (Å²) in [6.07, 6.45) is -2.75. The number of nitrogens with one attached hydrogen (secondary N) is 2. The second-order valence-corrected chi connectivity index (χ2v) is 9.87. The van der Waals surface area contributed by atoms with Crippen LogP contribution in [-0.4, -0.2) is 46.1 Å². The molecule has 0 radical (unpaired) electrons. The van der Waals surface area contributed by atoms with Crippen LogP contribution in [0.2, 0.25) is 0 Å². The molecule has 2 unspecified atom stereocenters. The third kappa shape index (κ3) is 4.90. The van der Waals surface area contributed by atoms with E-state index in [1.165, 1.54) is 0 Å². The van der Waals surface area contributed by atoms with Crippen molar-refractivity contribution in [1.29, 1.82) is 0 Å². The SMILES string of the molecule is O=C(NCc1ccccc1)C1CCCN1c1nc2c(=O)n(CC3CCNC3)c(C(F)(F)F)nc2s1. The van der Waals surface area contributed by atoms with Crippen molar-refractivity contribution in [2.24, 2.45) is 5.92 Å². The van der Waals surface area contributed by atoms with Gasteiger partial charge in [0.05, 0.1) is 0 Å². The first-order valence-corrected chi connectivity index (χ1v) is 12.4. The molecule has 186 valence electrons. The zero-order chi connectivity index (χ0) is 24.6. The minimum absolute atomic E-state index is 0.0616. The minimum Gasteiger partial charge on any atom is -0.350 e. The Labute approximate surface area is 203 Å². The van der Waals surface area contributed by atoms with Crippen LogP contribution in [0.5, 0.6) is 0 Å². The van der Waals surface area contributed by atoms with E-state index in [4.69, 9.17) is 0 Å². The van der Waals surface area contributed by atoms with E-state index in [1.54, 1.807) is 4.90 Å². The van der Waals surface area contributed by atoms with Crippen LogP contribution in [0, 0.1) is 5.92 Å².